The molecule has 1 heterocycles. The van der Waals surface area contributed by atoms with Crippen LogP contribution in [0.25, 0.3) is 0 Å². The maximum absolute atomic E-state index is 12.5. The zero-order chi connectivity index (χ0) is 24.0. The van der Waals surface area contributed by atoms with Gasteiger partial charge in [0.1, 0.15) is 25.1 Å². The molecular weight excluding hydrogens is 424 g/mol. The van der Waals surface area contributed by atoms with Crippen molar-refractivity contribution in [2.45, 2.75) is 90.4 Å². The van der Waals surface area contributed by atoms with Gasteiger partial charge in [-0.15, -0.1) is 0 Å². The van der Waals surface area contributed by atoms with Gasteiger partial charge in [-0.2, -0.15) is 0 Å². The first-order valence-corrected chi connectivity index (χ1v) is 14.2. The Bertz CT molecular complexity index is 753. The summed E-state index contributed by atoms with van der Waals surface area (Å²) in [5, 5.41) is 0.110. The van der Waals surface area contributed by atoms with Crippen LogP contribution in [0.15, 0.2) is 42.5 Å². The Hall–Kier alpha value is -1.35. The van der Waals surface area contributed by atoms with Gasteiger partial charge in [-0.1, -0.05) is 51.1 Å². The van der Waals surface area contributed by atoms with E-state index in [0.29, 0.717) is 13.2 Å². The first-order valence-electron chi connectivity index (χ1n) is 11.3. The highest BCUT2D eigenvalue weighted by Gasteiger charge is 2.43. The van der Waals surface area contributed by atoms with Crippen molar-refractivity contribution < 1.29 is 28.2 Å². The van der Waals surface area contributed by atoms with E-state index in [1.165, 1.54) is 6.08 Å². The molecule has 0 aromatic heterocycles. The summed E-state index contributed by atoms with van der Waals surface area (Å²) < 4.78 is 29.4. The molecule has 2 rings (SSSR count). The predicted octanol–water partition coefficient (Wildman–Crippen LogP) is 5.23. The Kier molecular flexibility index (Phi) is 9.40. The average molecular weight is 465 g/mol. The molecule has 0 radical (unpaired) electrons. The van der Waals surface area contributed by atoms with Crippen molar-refractivity contribution >= 4 is 14.1 Å². The van der Waals surface area contributed by atoms with Crippen molar-refractivity contribution in [2.24, 2.45) is 0 Å². The van der Waals surface area contributed by atoms with Crippen LogP contribution in [-0.2, 0) is 34.8 Å². The molecule has 0 amide bonds. The molecule has 3 atom stereocenters. The van der Waals surface area contributed by atoms with Crippen LogP contribution in [0.2, 0.25) is 18.1 Å². The Morgan fingerprint density at radius 1 is 1.19 bits per heavy atom. The van der Waals surface area contributed by atoms with E-state index in [0.717, 1.165) is 5.56 Å². The van der Waals surface area contributed by atoms with E-state index in [1.807, 2.05) is 44.2 Å². The molecule has 1 saturated heterocycles. The monoisotopic (exact) mass is 464 g/mol. The first kappa shape index (κ1) is 26.9. The molecule has 0 bridgehead atoms. The average Bonchev–Trinajstić information content (AvgIpc) is 3.01. The maximum atomic E-state index is 12.5. The minimum atomic E-state index is -1.91. The van der Waals surface area contributed by atoms with Gasteiger partial charge < -0.3 is 23.4 Å². The first-order chi connectivity index (χ1) is 14.8. The van der Waals surface area contributed by atoms with E-state index in [1.54, 1.807) is 13.0 Å². The van der Waals surface area contributed by atoms with Crippen molar-refractivity contribution in [2.75, 3.05) is 13.4 Å². The van der Waals surface area contributed by atoms with E-state index in [4.69, 9.17) is 23.4 Å². The second-order valence-corrected chi connectivity index (χ2v) is 15.0. The summed E-state index contributed by atoms with van der Waals surface area (Å²) in [5.41, 5.74) is 1.06. The lowest BCUT2D eigenvalue weighted by molar-refractivity contribution is -0.146. The number of hydrogen-bond donors (Lipinski definition) is 0. The van der Waals surface area contributed by atoms with E-state index in [9.17, 15) is 4.79 Å². The van der Waals surface area contributed by atoms with Gasteiger partial charge in [0.05, 0.1) is 13.2 Å². The van der Waals surface area contributed by atoms with E-state index < -0.39 is 20.2 Å². The van der Waals surface area contributed by atoms with Gasteiger partial charge in [0.15, 0.2) is 19.9 Å². The highest BCUT2D eigenvalue weighted by molar-refractivity contribution is 6.74. The zero-order valence-electron chi connectivity index (χ0n) is 20.8. The summed E-state index contributed by atoms with van der Waals surface area (Å²) in [6, 6.07) is 9.83. The molecule has 0 aliphatic carbocycles. The van der Waals surface area contributed by atoms with Crippen molar-refractivity contribution in [3.8, 4) is 0 Å². The van der Waals surface area contributed by atoms with Crippen molar-refractivity contribution in [3.05, 3.63) is 48.0 Å². The van der Waals surface area contributed by atoms with E-state index in [-0.39, 0.29) is 29.8 Å². The van der Waals surface area contributed by atoms with Crippen molar-refractivity contribution in [3.63, 3.8) is 0 Å². The number of benzene rings is 1. The normalized spacial score (nSPS) is 22.4. The fourth-order valence-electron chi connectivity index (χ4n) is 2.95. The SMILES string of the molecule is C[C@@H](OCOCc1ccccc1)C(=O)/C=C/[C@@H]1OC(C)(C)O[C@H]1CO[Si](C)(C)C(C)(C)C. The second kappa shape index (κ2) is 11.2. The summed E-state index contributed by atoms with van der Waals surface area (Å²) in [5.74, 6) is -0.877. The molecule has 32 heavy (non-hydrogen) atoms. The fraction of sp³-hybridized carbons (Fsp3) is 0.640. The molecule has 0 unspecified atom stereocenters. The summed E-state index contributed by atoms with van der Waals surface area (Å²) in [4.78, 5) is 12.5. The van der Waals surface area contributed by atoms with Crippen molar-refractivity contribution in [1.82, 2.24) is 0 Å². The molecule has 0 saturated carbocycles. The van der Waals surface area contributed by atoms with Crippen LogP contribution in [0, 0.1) is 0 Å². The summed E-state index contributed by atoms with van der Waals surface area (Å²) in [6.45, 7) is 17.4. The highest BCUT2D eigenvalue weighted by Crippen LogP contribution is 2.38. The van der Waals surface area contributed by atoms with Crippen LogP contribution in [0.5, 0.6) is 0 Å². The number of ether oxygens (including phenoxy) is 4. The van der Waals surface area contributed by atoms with Crippen LogP contribution in [0.3, 0.4) is 0 Å². The molecule has 180 valence electrons. The molecule has 0 N–H and O–H groups in total. The molecule has 1 aromatic carbocycles. The van der Waals surface area contributed by atoms with Gasteiger partial charge in [-0.25, -0.2) is 0 Å². The standard InChI is InChI=1S/C25H40O6Si/c1-19(28-18-27-16-20-12-10-9-11-13-20)21(26)14-15-22-23(31-25(5,6)30-22)17-29-32(7,8)24(2,3)4/h9-15,19,22-23H,16-18H2,1-8H3/b15-14+/t19-,22+,23+/m1/s1. The molecule has 1 aromatic rings. The number of hydrogen-bond acceptors (Lipinski definition) is 6. The van der Waals surface area contributed by atoms with Crippen LogP contribution in [0.1, 0.15) is 47.1 Å². The zero-order valence-corrected chi connectivity index (χ0v) is 21.8. The minimum absolute atomic E-state index is 0.0503. The highest BCUT2D eigenvalue weighted by atomic mass is 28.4. The van der Waals surface area contributed by atoms with Crippen LogP contribution in [-0.4, -0.2) is 51.6 Å². The second-order valence-electron chi connectivity index (χ2n) is 10.2. The van der Waals surface area contributed by atoms with Gasteiger partial charge in [0.25, 0.3) is 0 Å². The van der Waals surface area contributed by atoms with Crippen LogP contribution in [0.4, 0.5) is 0 Å². The molecule has 1 fully saturated rings. The number of carbonyl (C=O) groups excluding carboxylic acids is 1. The number of carbonyl (C=O) groups is 1. The van der Waals surface area contributed by atoms with Crippen molar-refractivity contribution in [1.29, 1.82) is 0 Å². The topological polar surface area (TPSA) is 63.2 Å². The minimum Gasteiger partial charge on any atom is -0.414 e. The van der Waals surface area contributed by atoms with Gasteiger partial charge in [-0.05, 0) is 56.6 Å². The summed E-state index contributed by atoms with van der Waals surface area (Å²) >= 11 is 0. The predicted molar refractivity (Wildman–Crippen MR) is 128 cm³/mol. The lowest BCUT2D eigenvalue weighted by Crippen LogP contribution is -2.43. The third-order valence-electron chi connectivity index (χ3n) is 6.00. The van der Waals surface area contributed by atoms with Gasteiger partial charge >= 0.3 is 0 Å². The third-order valence-corrected chi connectivity index (χ3v) is 10.5. The number of rotatable bonds is 11. The molecule has 0 spiro atoms. The van der Waals surface area contributed by atoms with Crippen LogP contribution >= 0.6 is 0 Å². The Labute approximate surface area is 194 Å². The van der Waals surface area contributed by atoms with Crippen LogP contribution < -0.4 is 0 Å². The fourth-order valence-corrected chi connectivity index (χ4v) is 3.97. The molecule has 6 nitrogen and oxygen atoms in total. The Balaban J connectivity index is 1.84. The molecule has 7 heteroatoms. The Morgan fingerprint density at radius 3 is 2.47 bits per heavy atom. The largest absolute Gasteiger partial charge is 0.414 e. The lowest BCUT2D eigenvalue weighted by atomic mass is 10.1. The Morgan fingerprint density at radius 2 is 1.84 bits per heavy atom. The number of ketones is 1. The molecule has 1 aliphatic heterocycles. The molecule has 1 aliphatic rings. The lowest BCUT2D eigenvalue weighted by Gasteiger charge is -2.37. The van der Waals surface area contributed by atoms with Gasteiger partial charge in [0.2, 0.25) is 0 Å². The van der Waals surface area contributed by atoms with E-state index >= 15 is 0 Å². The van der Waals surface area contributed by atoms with Gasteiger partial charge in [0, 0.05) is 0 Å². The van der Waals surface area contributed by atoms with E-state index in [2.05, 4.69) is 33.9 Å². The smallest absolute Gasteiger partial charge is 0.192 e. The summed E-state index contributed by atoms with van der Waals surface area (Å²) in [6.07, 6.45) is 2.02. The maximum Gasteiger partial charge on any atom is 0.192 e. The van der Waals surface area contributed by atoms with Gasteiger partial charge in [-0.3, -0.25) is 4.79 Å². The molecular formula is C25H40O6Si. The quantitative estimate of drug-likeness (QED) is 0.193. The third kappa shape index (κ3) is 8.21. The summed E-state index contributed by atoms with van der Waals surface area (Å²) in [7, 11) is -1.91.